The van der Waals surface area contributed by atoms with Gasteiger partial charge in [-0.25, -0.2) is 4.79 Å². The summed E-state index contributed by atoms with van der Waals surface area (Å²) in [5.74, 6) is -0.851. The number of methoxy groups -OCH3 is 1. The Balaban J connectivity index is 3.01. The van der Waals surface area contributed by atoms with Crippen LogP contribution in [0.3, 0.4) is 0 Å². The van der Waals surface area contributed by atoms with E-state index in [1.807, 2.05) is 0 Å². The highest BCUT2D eigenvalue weighted by atomic mass is 19.4. The summed E-state index contributed by atoms with van der Waals surface area (Å²) in [7, 11) is 1.09. The molecule has 1 rings (SSSR count). The van der Waals surface area contributed by atoms with Gasteiger partial charge in [0.2, 0.25) is 0 Å². The van der Waals surface area contributed by atoms with E-state index in [4.69, 9.17) is 5.73 Å². The van der Waals surface area contributed by atoms with Crippen LogP contribution in [0.5, 0.6) is 0 Å². The Labute approximate surface area is 83.4 Å². The van der Waals surface area contributed by atoms with E-state index in [-0.39, 0.29) is 11.4 Å². The molecule has 0 atom stereocenters. The molecule has 0 radical (unpaired) electrons. The molecule has 0 fully saturated rings. The van der Waals surface area contributed by atoms with Gasteiger partial charge in [-0.2, -0.15) is 13.2 Å². The SMILES string of the molecule is COC(=O)c1cc(N)cn1CC(F)(F)F. The topological polar surface area (TPSA) is 57.2 Å². The average molecular weight is 222 g/mol. The zero-order valence-electron chi connectivity index (χ0n) is 7.84. The van der Waals surface area contributed by atoms with Crippen molar-refractivity contribution in [3.05, 3.63) is 18.0 Å². The quantitative estimate of drug-likeness (QED) is 0.770. The van der Waals surface area contributed by atoms with Gasteiger partial charge in [-0.05, 0) is 6.07 Å². The number of rotatable bonds is 2. The van der Waals surface area contributed by atoms with E-state index in [1.54, 1.807) is 0 Å². The Hall–Kier alpha value is -1.66. The van der Waals surface area contributed by atoms with E-state index in [0.29, 0.717) is 4.57 Å². The molecule has 0 amide bonds. The lowest BCUT2D eigenvalue weighted by Gasteiger charge is -2.09. The van der Waals surface area contributed by atoms with Crippen molar-refractivity contribution in [1.82, 2.24) is 4.57 Å². The summed E-state index contributed by atoms with van der Waals surface area (Å²) in [6.45, 7) is -1.27. The summed E-state index contributed by atoms with van der Waals surface area (Å²) in [6, 6.07) is 1.14. The first-order valence-electron chi connectivity index (χ1n) is 3.94. The fraction of sp³-hybridized carbons (Fsp3) is 0.375. The molecule has 7 heteroatoms. The number of ether oxygens (including phenoxy) is 1. The Morgan fingerprint density at radius 2 is 2.20 bits per heavy atom. The van der Waals surface area contributed by atoms with Gasteiger partial charge in [-0.15, -0.1) is 0 Å². The molecule has 0 aliphatic rings. The first-order valence-corrected chi connectivity index (χ1v) is 3.94. The number of carbonyl (C=O) groups is 1. The minimum absolute atomic E-state index is 0.0830. The number of alkyl halides is 3. The van der Waals surface area contributed by atoms with Crippen molar-refractivity contribution in [3.8, 4) is 0 Å². The number of aromatic nitrogens is 1. The second-order valence-electron chi connectivity index (χ2n) is 2.89. The zero-order chi connectivity index (χ0) is 11.6. The number of carbonyl (C=O) groups excluding carboxylic acids is 1. The third kappa shape index (κ3) is 2.90. The maximum atomic E-state index is 12.1. The monoisotopic (exact) mass is 222 g/mol. The van der Waals surface area contributed by atoms with Gasteiger partial charge in [0.25, 0.3) is 0 Å². The first-order chi connectivity index (χ1) is 6.83. The molecule has 4 nitrogen and oxygen atoms in total. The van der Waals surface area contributed by atoms with Crippen LogP contribution in [0.25, 0.3) is 0 Å². The first kappa shape index (κ1) is 11.4. The molecule has 0 saturated carbocycles. The Morgan fingerprint density at radius 1 is 1.60 bits per heavy atom. The number of nitrogens with zero attached hydrogens (tertiary/aromatic N) is 1. The minimum Gasteiger partial charge on any atom is -0.464 e. The third-order valence-electron chi connectivity index (χ3n) is 1.66. The molecule has 0 saturated heterocycles. The van der Waals surface area contributed by atoms with Gasteiger partial charge in [0.15, 0.2) is 0 Å². The predicted octanol–water partition coefficient (Wildman–Crippen LogP) is 1.42. The molecule has 15 heavy (non-hydrogen) atoms. The van der Waals surface area contributed by atoms with E-state index < -0.39 is 18.7 Å². The molecule has 0 spiro atoms. The second-order valence-corrected chi connectivity index (χ2v) is 2.89. The number of anilines is 1. The molecule has 84 valence electrons. The van der Waals surface area contributed by atoms with Crippen LogP contribution in [0, 0.1) is 0 Å². The summed E-state index contributed by atoms with van der Waals surface area (Å²) in [5.41, 5.74) is 5.16. The highest BCUT2D eigenvalue weighted by Gasteiger charge is 2.30. The van der Waals surface area contributed by atoms with Gasteiger partial charge in [0.1, 0.15) is 12.2 Å². The molecule has 0 aliphatic heterocycles. The highest BCUT2D eigenvalue weighted by Crippen LogP contribution is 2.21. The van der Waals surface area contributed by atoms with Crippen LogP contribution in [-0.4, -0.2) is 23.8 Å². The lowest BCUT2D eigenvalue weighted by atomic mass is 10.4. The van der Waals surface area contributed by atoms with Crippen molar-refractivity contribution >= 4 is 11.7 Å². The summed E-state index contributed by atoms with van der Waals surface area (Å²) in [6.07, 6.45) is -3.37. The van der Waals surface area contributed by atoms with E-state index >= 15 is 0 Å². The van der Waals surface area contributed by atoms with E-state index in [2.05, 4.69) is 4.74 Å². The third-order valence-corrected chi connectivity index (χ3v) is 1.66. The summed E-state index contributed by atoms with van der Waals surface area (Å²) in [5, 5.41) is 0. The van der Waals surface area contributed by atoms with Gasteiger partial charge in [0, 0.05) is 6.20 Å². The number of esters is 1. The molecule has 0 aliphatic carbocycles. The number of hydrogen-bond acceptors (Lipinski definition) is 3. The van der Waals surface area contributed by atoms with Crippen molar-refractivity contribution < 1.29 is 22.7 Å². The Morgan fingerprint density at radius 3 is 2.67 bits per heavy atom. The van der Waals surface area contributed by atoms with Crippen LogP contribution < -0.4 is 5.73 Å². The van der Waals surface area contributed by atoms with Crippen molar-refractivity contribution in [2.75, 3.05) is 12.8 Å². The fourth-order valence-corrected chi connectivity index (χ4v) is 1.13. The van der Waals surface area contributed by atoms with Gasteiger partial charge < -0.3 is 15.0 Å². The molecular weight excluding hydrogens is 213 g/mol. The normalized spacial score (nSPS) is 11.5. The van der Waals surface area contributed by atoms with E-state index in [9.17, 15) is 18.0 Å². The number of halogens is 3. The van der Waals surface area contributed by atoms with Crippen LogP contribution in [0.4, 0.5) is 18.9 Å². The van der Waals surface area contributed by atoms with E-state index in [1.165, 1.54) is 0 Å². The average Bonchev–Trinajstić information content (AvgIpc) is 2.42. The van der Waals surface area contributed by atoms with Gasteiger partial charge >= 0.3 is 12.1 Å². The predicted molar refractivity (Wildman–Crippen MR) is 46.2 cm³/mol. The number of nitrogens with two attached hydrogens (primary N) is 1. The van der Waals surface area contributed by atoms with Crippen LogP contribution in [-0.2, 0) is 11.3 Å². The van der Waals surface area contributed by atoms with Gasteiger partial charge in [0.05, 0.1) is 12.8 Å². The Kier molecular flexibility index (Phi) is 2.92. The van der Waals surface area contributed by atoms with Crippen LogP contribution in [0.15, 0.2) is 12.3 Å². The molecular formula is C8H9F3N2O2. The summed E-state index contributed by atoms with van der Waals surface area (Å²) in [4.78, 5) is 11.1. The van der Waals surface area contributed by atoms with Crippen molar-refractivity contribution in [2.24, 2.45) is 0 Å². The lowest BCUT2D eigenvalue weighted by molar-refractivity contribution is -0.140. The van der Waals surface area contributed by atoms with Crippen LogP contribution >= 0.6 is 0 Å². The van der Waals surface area contributed by atoms with Gasteiger partial charge in [-0.3, -0.25) is 0 Å². The maximum absolute atomic E-state index is 12.1. The number of hydrogen-bond donors (Lipinski definition) is 1. The van der Waals surface area contributed by atoms with Crippen molar-refractivity contribution in [1.29, 1.82) is 0 Å². The van der Waals surface area contributed by atoms with Crippen LogP contribution in [0.2, 0.25) is 0 Å². The lowest BCUT2D eigenvalue weighted by Crippen LogP contribution is -2.20. The minimum atomic E-state index is -4.41. The zero-order valence-corrected chi connectivity index (χ0v) is 7.84. The van der Waals surface area contributed by atoms with Crippen LogP contribution in [0.1, 0.15) is 10.5 Å². The van der Waals surface area contributed by atoms with Gasteiger partial charge in [-0.1, -0.05) is 0 Å². The molecule has 0 aromatic carbocycles. The molecule has 1 heterocycles. The second kappa shape index (κ2) is 3.84. The summed E-state index contributed by atoms with van der Waals surface area (Å²) < 4.78 is 41.3. The number of nitrogen functional groups attached to an aromatic ring is 1. The van der Waals surface area contributed by atoms with E-state index in [0.717, 1.165) is 19.4 Å². The fourth-order valence-electron chi connectivity index (χ4n) is 1.13. The van der Waals surface area contributed by atoms with Crippen molar-refractivity contribution in [2.45, 2.75) is 12.7 Å². The maximum Gasteiger partial charge on any atom is 0.406 e. The molecule has 0 unspecified atom stereocenters. The Bertz CT molecular complexity index is 370. The molecule has 1 aromatic rings. The highest BCUT2D eigenvalue weighted by molar-refractivity contribution is 5.88. The smallest absolute Gasteiger partial charge is 0.406 e. The largest absolute Gasteiger partial charge is 0.464 e. The molecule has 2 N–H and O–H groups in total. The summed E-state index contributed by atoms with van der Waals surface area (Å²) >= 11 is 0. The van der Waals surface area contributed by atoms with Crippen molar-refractivity contribution in [3.63, 3.8) is 0 Å². The molecule has 1 aromatic heterocycles. The molecule has 0 bridgehead atoms. The standard InChI is InChI=1S/C8H9F3N2O2/c1-15-7(14)6-2-5(12)3-13(6)4-8(9,10)11/h2-3H,4,12H2,1H3.